The van der Waals surface area contributed by atoms with Gasteiger partial charge < -0.3 is 20.1 Å². The number of aromatic nitrogens is 1. The molecule has 0 unspecified atom stereocenters. The van der Waals surface area contributed by atoms with Gasteiger partial charge in [-0.25, -0.2) is 0 Å². The first-order chi connectivity index (χ1) is 15.9. The van der Waals surface area contributed by atoms with Gasteiger partial charge in [-0.05, 0) is 92.9 Å². The molecule has 0 saturated carbocycles. The van der Waals surface area contributed by atoms with Gasteiger partial charge in [0, 0.05) is 42.3 Å². The SMILES string of the molecule is Cc1cc(=O)[nH]c2ccc(NC(=O)c3cc4c(cc3N3CCCC3)C(CN(C)C)=CC4)cc12. The topological polar surface area (TPSA) is 68.4 Å². The molecule has 33 heavy (non-hydrogen) atoms. The second-order valence-electron chi connectivity index (χ2n) is 9.42. The van der Waals surface area contributed by atoms with Crippen molar-refractivity contribution in [2.45, 2.75) is 26.2 Å². The van der Waals surface area contributed by atoms with Crippen LogP contribution in [-0.4, -0.2) is 49.5 Å². The Bertz CT molecular complexity index is 1330. The third-order valence-corrected chi connectivity index (χ3v) is 6.62. The van der Waals surface area contributed by atoms with E-state index in [0.717, 1.165) is 72.3 Å². The van der Waals surface area contributed by atoms with E-state index < -0.39 is 0 Å². The van der Waals surface area contributed by atoms with Gasteiger partial charge in [0.2, 0.25) is 5.56 Å². The van der Waals surface area contributed by atoms with E-state index in [0.29, 0.717) is 0 Å². The van der Waals surface area contributed by atoms with E-state index in [1.807, 2.05) is 25.1 Å². The minimum atomic E-state index is -0.118. The lowest BCUT2D eigenvalue weighted by Crippen LogP contribution is -2.23. The molecule has 1 amide bonds. The maximum Gasteiger partial charge on any atom is 0.257 e. The molecule has 0 bridgehead atoms. The first-order valence-corrected chi connectivity index (χ1v) is 11.6. The zero-order valence-corrected chi connectivity index (χ0v) is 19.5. The predicted octanol–water partition coefficient (Wildman–Crippen LogP) is 4.19. The largest absolute Gasteiger partial charge is 0.371 e. The molecule has 5 rings (SSSR count). The maximum atomic E-state index is 13.5. The normalized spacial score (nSPS) is 15.3. The van der Waals surface area contributed by atoms with Gasteiger partial charge in [0.25, 0.3) is 5.91 Å². The van der Waals surface area contributed by atoms with Gasteiger partial charge in [-0.1, -0.05) is 6.08 Å². The number of aryl methyl sites for hydroxylation is 1. The van der Waals surface area contributed by atoms with Crippen molar-refractivity contribution in [2.75, 3.05) is 43.9 Å². The molecule has 6 nitrogen and oxygen atoms in total. The van der Waals surface area contributed by atoms with Crippen molar-refractivity contribution < 1.29 is 4.79 Å². The summed E-state index contributed by atoms with van der Waals surface area (Å²) in [7, 11) is 4.17. The number of fused-ring (bicyclic) bond motifs is 2. The predicted molar refractivity (Wildman–Crippen MR) is 135 cm³/mol. The highest BCUT2D eigenvalue weighted by Gasteiger charge is 2.25. The molecule has 1 aliphatic carbocycles. The van der Waals surface area contributed by atoms with Gasteiger partial charge in [0.05, 0.1) is 11.3 Å². The van der Waals surface area contributed by atoms with E-state index in [1.54, 1.807) is 6.07 Å². The molecule has 0 spiro atoms. The summed E-state index contributed by atoms with van der Waals surface area (Å²) in [5.74, 6) is -0.0952. The van der Waals surface area contributed by atoms with Crippen molar-refractivity contribution in [1.29, 1.82) is 0 Å². The van der Waals surface area contributed by atoms with Crippen LogP contribution < -0.4 is 15.8 Å². The Balaban J connectivity index is 1.50. The van der Waals surface area contributed by atoms with Crippen LogP contribution in [0.2, 0.25) is 0 Å². The smallest absolute Gasteiger partial charge is 0.257 e. The summed E-state index contributed by atoms with van der Waals surface area (Å²) >= 11 is 0. The van der Waals surface area contributed by atoms with Gasteiger partial charge in [0.1, 0.15) is 0 Å². The number of hydrogen-bond donors (Lipinski definition) is 2. The minimum Gasteiger partial charge on any atom is -0.371 e. The molecule has 0 radical (unpaired) electrons. The fraction of sp³-hybridized carbons (Fsp3) is 0.333. The van der Waals surface area contributed by atoms with Crippen LogP contribution >= 0.6 is 0 Å². The fourth-order valence-electron chi connectivity index (χ4n) is 5.03. The lowest BCUT2D eigenvalue weighted by Gasteiger charge is -2.23. The van der Waals surface area contributed by atoms with Gasteiger partial charge >= 0.3 is 0 Å². The van der Waals surface area contributed by atoms with E-state index >= 15 is 0 Å². The molecule has 2 aromatic carbocycles. The summed E-state index contributed by atoms with van der Waals surface area (Å²) in [5, 5.41) is 4.04. The van der Waals surface area contributed by atoms with Crippen LogP contribution in [0.25, 0.3) is 16.5 Å². The molecule has 1 fully saturated rings. The molecule has 2 heterocycles. The molecule has 6 heteroatoms. The third kappa shape index (κ3) is 4.18. The molecular weight excluding hydrogens is 412 g/mol. The summed E-state index contributed by atoms with van der Waals surface area (Å²) < 4.78 is 0. The van der Waals surface area contributed by atoms with E-state index in [9.17, 15) is 9.59 Å². The molecule has 2 aliphatic rings. The van der Waals surface area contributed by atoms with Crippen LogP contribution in [0.4, 0.5) is 11.4 Å². The zero-order chi connectivity index (χ0) is 23.1. The summed E-state index contributed by atoms with van der Waals surface area (Å²) in [4.78, 5) is 32.6. The number of benzene rings is 2. The molecule has 170 valence electrons. The molecular formula is C27H30N4O2. The van der Waals surface area contributed by atoms with Crippen molar-refractivity contribution in [3.63, 3.8) is 0 Å². The Morgan fingerprint density at radius 2 is 1.91 bits per heavy atom. The number of nitrogens with one attached hydrogen (secondary N) is 2. The van der Waals surface area contributed by atoms with Crippen molar-refractivity contribution in [3.05, 3.63) is 75.1 Å². The Morgan fingerprint density at radius 1 is 1.12 bits per heavy atom. The zero-order valence-electron chi connectivity index (χ0n) is 19.5. The Labute approximate surface area is 193 Å². The van der Waals surface area contributed by atoms with Gasteiger partial charge in [-0.2, -0.15) is 0 Å². The molecule has 1 aromatic heterocycles. The highest BCUT2D eigenvalue weighted by Crippen LogP contribution is 2.36. The van der Waals surface area contributed by atoms with Gasteiger partial charge in [-0.3, -0.25) is 9.59 Å². The number of carbonyl (C=O) groups is 1. The van der Waals surface area contributed by atoms with Gasteiger partial charge in [-0.15, -0.1) is 0 Å². The number of rotatable bonds is 5. The maximum absolute atomic E-state index is 13.5. The van der Waals surface area contributed by atoms with E-state index in [1.165, 1.54) is 16.7 Å². The van der Waals surface area contributed by atoms with E-state index in [2.05, 4.69) is 52.4 Å². The first-order valence-electron chi connectivity index (χ1n) is 11.6. The number of pyridine rings is 1. The number of likely N-dealkylation sites (N-methyl/N-ethyl adjacent to an activating group) is 1. The van der Waals surface area contributed by atoms with Crippen LogP contribution in [0, 0.1) is 6.92 Å². The second-order valence-corrected chi connectivity index (χ2v) is 9.42. The van der Waals surface area contributed by atoms with E-state index in [-0.39, 0.29) is 11.5 Å². The quantitative estimate of drug-likeness (QED) is 0.622. The monoisotopic (exact) mass is 442 g/mol. The summed E-state index contributed by atoms with van der Waals surface area (Å²) in [6, 6.07) is 11.5. The van der Waals surface area contributed by atoms with Crippen LogP contribution in [-0.2, 0) is 6.42 Å². The van der Waals surface area contributed by atoms with Crippen molar-refractivity contribution >= 4 is 33.8 Å². The fourth-order valence-corrected chi connectivity index (χ4v) is 5.03. The number of allylic oxidation sites excluding steroid dienone is 1. The highest BCUT2D eigenvalue weighted by molar-refractivity contribution is 6.09. The number of anilines is 2. The number of carbonyl (C=O) groups excluding carboxylic acids is 1. The third-order valence-electron chi connectivity index (χ3n) is 6.62. The summed E-state index contributed by atoms with van der Waals surface area (Å²) in [6.07, 6.45) is 5.45. The summed E-state index contributed by atoms with van der Waals surface area (Å²) in [6.45, 7) is 4.77. The number of H-pyrrole nitrogens is 1. The standard InChI is InChI=1S/C27H30N4O2/c1-17-12-26(32)29-24-9-8-20(14-21(17)24)28-27(33)23-13-18-6-7-19(16-30(2)3)22(18)15-25(23)31-10-4-5-11-31/h7-9,12-15H,4-6,10-11,16H2,1-3H3,(H,28,33)(H,29,32). The van der Waals surface area contributed by atoms with Crippen molar-refractivity contribution in [1.82, 2.24) is 9.88 Å². The number of amides is 1. The number of nitrogens with zero attached hydrogens (tertiary/aromatic N) is 2. The minimum absolute atomic E-state index is 0.0952. The first kappa shape index (κ1) is 21.5. The Hall–Kier alpha value is -3.38. The molecule has 1 saturated heterocycles. The number of aromatic amines is 1. The van der Waals surface area contributed by atoms with Gasteiger partial charge in [0.15, 0.2) is 0 Å². The van der Waals surface area contributed by atoms with Crippen LogP contribution in [0.15, 0.2) is 47.3 Å². The molecule has 2 N–H and O–H groups in total. The summed E-state index contributed by atoms with van der Waals surface area (Å²) in [5.41, 5.74) is 7.84. The average molecular weight is 443 g/mol. The van der Waals surface area contributed by atoms with Crippen LogP contribution in [0.5, 0.6) is 0 Å². The molecule has 3 aromatic rings. The Morgan fingerprint density at radius 3 is 2.67 bits per heavy atom. The second kappa shape index (κ2) is 8.52. The van der Waals surface area contributed by atoms with Crippen LogP contribution in [0.3, 0.4) is 0 Å². The lowest BCUT2D eigenvalue weighted by molar-refractivity contribution is 0.102. The highest BCUT2D eigenvalue weighted by atomic mass is 16.1. The lowest BCUT2D eigenvalue weighted by atomic mass is 9.99. The number of hydrogen-bond acceptors (Lipinski definition) is 4. The van der Waals surface area contributed by atoms with Crippen molar-refractivity contribution in [2.24, 2.45) is 0 Å². The van der Waals surface area contributed by atoms with Crippen LogP contribution in [0.1, 0.15) is 39.9 Å². The van der Waals surface area contributed by atoms with E-state index in [4.69, 9.17) is 0 Å². The Kier molecular flexibility index (Phi) is 5.54. The molecule has 1 aliphatic heterocycles. The van der Waals surface area contributed by atoms with Crippen molar-refractivity contribution in [3.8, 4) is 0 Å². The molecule has 0 atom stereocenters. The average Bonchev–Trinajstić information content (AvgIpc) is 3.43.